The number of aromatic nitrogens is 2. The topological polar surface area (TPSA) is 50.6 Å². The first-order valence-electron chi connectivity index (χ1n) is 9.84. The highest BCUT2D eigenvalue weighted by molar-refractivity contribution is 6.33. The lowest BCUT2D eigenvalue weighted by Crippen LogP contribution is -2.49. The highest BCUT2D eigenvalue weighted by atomic mass is 35.5. The molecule has 4 rings (SSSR count). The van der Waals surface area contributed by atoms with E-state index < -0.39 is 0 Å². The molecule has 2 aromatic carbocycles. The van der Waals surface area contributed by atoms with E-state index in [9.17, 15) is 9.18 Å². The molecule has 0 unspecified atom stereocenters. The van der Waals surface area contributed by atoms with Gasteiger partial charge in [0.05, 0.1) is 29.2 Å². The number of nitrogens with zero attached hydrogens (tertiary/aromatic N) is 4. The minimum absolute atomic E-state index is 0.182. The molecule has 2 heterocycles. The van der Waals surface area contributed by atoms with Crippen molar-refractivity contribution in [3.05, 3.63) is 71.3 Å². The summed E-state index contributed by atoms with van der Waals surface area (Å²) >= 11 is 6.30. The summed E-state index contributed by atoms with van der Waals surface area (Å²) in [5, 5.41) is 5.14. The number of carbonyl (C=O) groups excluding carboxylic acids is 1. The molecule has 1 aliphatic rings. The molecule has 0 atom stereocenters. The quantitative estimate of drug-likeness (QED) is 0.615. The molecule has 1 aromatic heterocycles. The Hall–Kier alpha value is -3.06. The summed E-state index contributed by atoms with van der Waals surface area (Å²) in [6.07, 6.45) is 1.66. The first-order chi connectivity index (χ1) is 14.6. The number of anilines is 1. The van der Waals surface area contributed by atoms with Gasteiger partial charge in [-0.05, 0) is 43.3 Å². The fourth-order valence-electron chi connectivity index (χ4n) is 3.50. The van der Waals surface area contributed by atoms with Gasteiger partial charge in [0.1, 0.15) is 5.82 Å². The fourth-order valence-corrected chi connectivity index (χ4v) is 3.76. The molecule has 0 spiro atoms. The summed E-state index contributed by atoms with van der Waals surface area (Å²) in [6, 6.07) is 13.6. The number of ether oxygens (including phenoxy) is 1. The number of piperazine rings is 1. The largest absolute Gasteiger partial charge is 0.490 e. The number of benzene rings is 2. The van der Waals surface area contributed by atoms with Gasteiger partial charge in [-0.1, -0.05) is 23.7 Å². The lowest BCUT2D eigenvalue weighted by Gasteiger charge is -2.36. The molecular weight excluding hydrogens is 407 g/mol. The molecule has 1 fully saturated rings. The third kappa shape index (κ3) is 4.11. The van der Waals surface area contributed by atoms with Gasteiger partial charge < -0.3 is 14.5 Å². The summed E-state index contributed by atoms with van der Waals surface area (Å²) in [5.41, 5.74) is 1.88. The van der Waals surface area contributed by atoms with Crippen molar-refractivity contribution in [2.45, 2.75) is 6.92 Å². The van der Waals surface area contributed by atoms with Crippen molar-refractivity contribution in [2.75, 3.05) is 37.7 Å². The molecule has 3 aromatic rings. The Kier molecular flexibility index (Phi) is 5.90. The van der Waals surface area contributed by atoms with Gasteiger partial charge >= 0.3 is 0 Å². The second kappa shape index (κ2) is 8.75. The van der Waals surface area contributed by atoms with Gasteiger partial charge in [-0.2, -0.15) is 5.10 Å². The Morgan fingerprint density at radius 2 is 1.80 bits per heavy atom. The van der Waals surface area contributed by atoms with Gasteiger partial charge in [-0.3, -0.25) is 4.79 Å². The summed E-state index contributed by atoms with van der Waals surface area (Å²) in [7, 11) is 0. The molecule has 1 amide bonds. The van der Waals surface area contributed by atoms with E-state index in [4.69, 9.17) is 16.3 Å². The smallest absolute Gasteiger partial charge is 0.278 e. The SMILES string of the molecule is CCOc1cn(-c2ccc(F)cc2)nc1C(=O)N1CCN(c2ccccc2Cl)CC1. The second-order valence-electron chi connectivity index (χ2n) is 6.93. The molecule has 30 heavy (non-hydrogen) atoms. The number of para-hydroxylation sites is 1. The van der Waals surface area contributed by atoms with Gasteiger partial charge in [-0.25, -0.2) is 9.07 Å². The molecule has 0 saturated carbocycles. The summed E-state index contributed by atoms with van der Waals surface area (Å²) in [5.74, 6) is -0.0953. The van der Waals surface area contributed by atoms with E-state index in [1.165, 1.54) is 16.8 Å². The van der Waals surface area contributed by atoms with Crippen molar-refractivity contribution in [1.29, 1.82) is 0 Å². The zero-order valence-electron chi connectivity index (χ0n) is 16.6. The van der Waals surface area contributed by atoms with Crippen LogP contribution in [0.4, 0.5) is 10.1 Å². The van der Waals surface area contributed by atoms with Crippen LogP contribution >= 0.6 is 11.6 Å². The molecule has 1 saturated heterocycles. The maximum atomic E-state index is 13.2. The Bertz CT molecular complexity index is 1030. The number of hydrogen-bond donors (Lipinski definition) is 0. The third-order valence-corrected chi connectivity index (χ3v) is 5.35. The Labute approximate surface area is 179 Å². The van der Waals surface area contributed by atoms with Crippen LogP contribution in [0.5, 0.6) is 5.75 Å². The normalized spacial score (nSPS) is 14.1. The molecular formula is C22H22ClFN4O2. The van der Waals surface area contributed by atoms with Gasteiger partial charge in [0.2, 0.25) is 0 Å². The predicted molar refractivity (Wildman–Crippen MR) is 114 cm³/mol. The molecule has 156 valence electrons. The van der Waals surface area contributed by atoms with E-state index in [1.54, 1.807) is 23.2 Å². The molecule has 8 heteroatoms. The van der Waals surface area contributed by atoms with Gasteiger partial charge in [0.15, 0.2) is 11.4 Å². The van der Waals surface area contributed by atoms with Crippen LogP contribution in [0.15, 0.2) is 54.7 Å². The molecule has 6 nitrogen and oxygen atoms in total. The predicted octanol–water partition coefficient (Wildman–Crippen LogP) is 4.03. The van der Waals surface area contributed by atoms with Crippen molar-refractivity contribution < 1.29 is 13.9 Å². The molecule has 0 radical (unpaired) electrons. The van der Waals surface area contributed by atoms with Crippen LogP contribution < -0.4 is 9.64 Å². The number of hydrogen-bond acceptors (Lipinski definition) is 4. The highest BCUT2D eigenvalue weighted by Crippen LogP contribution is 2.27. The van der Waals surface area contributed by atoms with Crippen LogP contribution in [-0.4, -0.2) is 53.4 Å². The molecule has 0 bridgehead atoms. The summed E-state index contributed by atoms with van der Waals surface area (Å²) < 4.78 is 20.4. The average molecular weight is 429 g/mol. The van der Waals surface area contributed by atoms with Crippen LogP contribution in [0.25, 0.3) is 5.69 Å². The first-order valence-corrected chi connectivity index (χ1v) is 10.2. The Balaban J connectivity index is 1.52. The van der Waals surface area contributed by atoms with Crippen LogP contribution in [0.1, 0.15) is 17.4 Å². The van der Waals surface area contributed by atoms with E-state index in [2.05, 4.69) is 10.00 Å². The van der Waals surface area contributed by atoms with E-state index in [-0.39, 0.29) is 17.4 Å². The lowest BCUT2D eigenvalue weighted by atomic mass is 10.2. The average Bonchev–Trinajstić information content (AvgIpc) is 3.18. The zero-order valence-corrected chi connectivity index (χ0v) is 17.3. The van der Waals surface area contributed by atoms with Gasteiger partial charge in [-0.15, -0.1) is 0 Å². The van der Waals surface area contributed by atoms with Crippen molar-refractivity contribution >= 4 is 23.2 Å². The van der Waals surface area contributed by atoms with Crippen molar-refractivity contribution in [2.24, 2.45) is 0 Å². The minimum atomic E-state index is -0.330. The van der Waals surface area contributed by atoms with Crippen molar-refractivity contribution in [1.82, 2.24) is 14.7 Å². The minimum Gasteiger partial charge on any atom is -0.490 e. The molecule has 0 aliphatic carbocycles. The second-order valence-corrected chi connectivity index (χ2v) is 7.33. The van der Waals surface area contributed by atoms with Gasteiger partial charge in [0, 0.05) is 26.2 Å². The van der Waals surface area contributed by atoms with E-state index in [1.807, 2.05) is 31.2 Å². The van der Waals surface area contributed by atoms with E-state index in [0.717, 1.165) is 5.69 Å². The zero-order chi connectivity index (χ0) is 21.1. The van der Waals surface area contributed by atoms with Crippen molar-refractivity contribution in [3.8, 4) is 11.4 Å². The van der Waals surface area contributed by atoms with Crippen LogP contribution in [0, 0.1) is 5.82 Å². The Morgan fingerprint density at radius 1 is 1.10 bits per heavy atom. The van der Waals surface area contributed by atoms with Gasteiger partial charge in [0.25, 0.3) is 5.91 Å². The monoisotopic (exact) mass is 428 g/mol. The lowest BCUT2D eigenvalue weighted by molar-refractivity contribution is 0.0736. The number of carbonyl (C=O) groups is 1. The Morgan fingerprint density at radius 3 is 2.47 bits per heavy atom. The maximum absolute atomic E-state index is 13.2. The fraction of sp³-hybridized carbons (Fsp3) is 0.273. The van der Waals surface area contributed by atoms with Crippen molar-refractivity contribution in [3.63, 3.8) is 0 Å². The number of halogens is 2. The van der Waals surface area contributed by atoms with Crippen LogP contribution in [0.3, 0.4) is 0 Å². The van der Waals surface area contributed by atoms with Crippen LogP contribution in [-0.2, 0) is 0 Å². The van der Waals surface area contributed by atoms with Crippen LogP contribution in [0.2, 0.25) is 5.02 Å². The summed E-state index contributed by atoms with van der Waals surface area (Å²) in [6.45, 7) is 4.73. The third-order valence-electron chi connectivity index (χ3n) is 5.03. The van der Waals surface area contributed by atoms with E-state index in [0.29, 0.717) is 49.2 Å². The van der Waals surface area contributed by atoms with E-state index >= 15 is 0 Å². The molecule has 1 aliphatic heterocycles. The first kappa shape index (κ1) is 20.2. The maximum Gasteiger partial charge on any atom is 0.278 e. The highest BCUT2D eigenvalue weighted by Gasteiger charge is 2.28. The number of rotatable bonds is 5. The molecule has 0 N–H and O–H groups in total. The number of amides is 1. The standard InChI is InChI=1S/C22H22ClFN4O2/c1-2-30-20-15-28(17-9-7-16(24)8-10-17)25-21(20)22(29)27-13-11-26(12-14-27)19-6-4-3-5-18(19)23/h3-10,15H,2,11-14H2,1H3. The summed E-state index contributed by atoms with van der Waals surface area (Å²) in [4.78, 5) is 17.1.